The smallest absolute Gasteiger partial charge is 0.0575 e. The molecular weight excluding hydrogens is 498 g/mol. The molecule has 0 aliphatic carbocycles. The zero-order chi connectivity index (χ0) is 29.5. The van der Waals surface area contributed by atoms with Crippen molar-refractivity contribution >= 4 is 0 Å². The molecule has 1 atom stereocenters. The maximum Gasteiger partial charge on any atom is 0.0575 e. The standard InChI is InChI=1S/C39H79NO/c1-4-7-10-11-14-18-24-32-39(41-37-28-36-40-34-26-20-27-35-40)33-25-19-16-13-12-15-17-23-31-38(29-21-8-5-2)30-22-9-6-3/h38-39H,4-37H2,1-3H3. The predicted octanol–water partition coefficient (Wildman–Crippen LogP) is 13.1. The van der Waals surface area contributed by atoms with Crippen LogP contribution in [-0.4, -0.2) is 37.2 Å². The highest BCUT2D eigenvalue weighted by Gasteiger charge is 2.12. The van der Waals surface area contributed by atoms with E-state index in [4.69, 9.17) is 4.74 Å². The highest BCUT2D eigenvalue weighted by Crippen LogP contribution is 2.24. The fourth-order valence-corrected chi connectivity index (χ4v) is 7.03. The zero-order valence-corrected chi connectivity index (χ0v) is 29.1. The van der Waals surface area contributed by atoms with Crippen LogP contribution in [0, 0.1) is 5.92 Å². The van der Waals surface area contributed by atoms with Crippen LogP contribution in [0.15, 0.2) is 0 Å². The normalized spacial score (nSPS) is 15.2. The average molecular weight is 578 g/mol. The number of hydrogen-bond donors (Lipinski definition) is 0. The fraction of sp³-hybridized carbons (Fsp3) is 1.00. The van der Waals surface area contributed by atoms with Crippen LogP contribution >= 0.6 is 0 Å². The quantitative estimate of drug-likeness (QED) is 0.0737. The van der Waals surface area contributed by atoms with Crippen molar-refractivity contribution in [2.75, 3.05) is 26.2 Å². The summed E-state index contributed by atoms with van der Waals surface area (Å²) in [6.45, 7) is 11.9. The summed E-state index contributed by atoms with van der Waals surface area (Å²) in [6, 6.07) is 0. The van der Waals surface area contributed by atoms with E-state index >= 15 is 0 Å². The maximum absolute atomic E-state index is 6.50. The summed E-state index contributed by atoms with van der Waals surface area (Å²) in [5, 5.41) is 0. The molecule has 0 N–H and O–H groups in total. The van der Waals surface area contributed by atoms with E-state index in [1.165, 1.54) is 212 Å². The van der Waals surface area contributed by atoms with Crippen LogP contribution in [0.3, 0.4) is 0 Å². The number of unbranched alkanes of at least 4 members (excludes halogenated alkanes) is 17. The van der Waals surface area contributed by atoms with Crippen molar-refractivity contribution in [3.63, 3.8) is 0 Å². The molecule has 246 valence electrons. The summed E-state index contributed by atoms with van der Waals surface area (Å²) in [5.41, 5.74) is 0. The molecule has 2 heteroatoms. The van der Waals surface area contributed by atoms with Crippen molar-refractivity contribution in [3.8, 4) is 0 Å². The Morgan fingerprint density at radius 3 is 1.32 bits per heavy atom. The number of rotatable bonds is 32. The molecule has 41 heavy (non-hydrogen) atoms. The van der Waals surface area contributed by atoms with E-state index in [1.807, 2.05) is 0 Å². The molecule has 0 amide bonds. The van der Waals surface area contributed by atoms with Gasteiger partial charge in [-0.1, -0.05) is 181 Å². The molecule has 0 radical (unpaired) electrons. The van der Waals surface area contributed by atoms with Crippen molar-refractivity contribution in [2.24, 2.45) is 5.92 Å². The Kier molecular flexibility index (Phi) is 29.8. The van der Waals surface area contributed by atoms with Gasteiger partial charge in [0.2, 0.25) is 0 Å². The summed E-state index contributed by atoms with van der Waals surface area (Å²) in [5.74, 6) is 1.02. The molecule has 1 unspecified atom stereocenters. The van der Waals surface area contributed by atoms with Crippen molar-refractivity contribution in [3.05, 3.63) is 0 Å². The van der Waals surface area contributed by atoms with Crippen LogP contribution in [0.25, 0.3) is 0 Å². The predicted molar refractivity (Wildman–Crippen MR) is 185 cm³/mol. The van der Waals surface area contributed by atoms with E-state index < -0.39 is 0 Å². The molecule has 1 fully saturated rings. The van der Waals surface area contributed by atoms with Crippen molar-refractivity contribution in [1.29, 1.82) is 0 Å². The van der Waals surface area contributed by atoms with Crippen molar-refractivity contribution in [2.45, 2.75) is 219 Å². The number of ether oxygens (including phenoxy) is 1. The second kappa shape index (κ2) is 31.3. The summed E-state index contributed by atoms with van der Waals surface area (Å²) < 4.78 is 6.50. The van der Waals surface area contributed by atoms with Gasteiger partial charge in [0.05, 0.1) is 6.10 Å². The number of nitrogens with zero attached hydrogens (tertiary/aromatic N) is 1. The van der Waals surface area contributed by atoms with Gasteiger partial charge in [0.1, 0.15) is 0 Å². The van der Waals surface area contributed by atoms with E-state index in [9.17, 15) is 0 Å². The van der Waals surface area contributed by atoms with Crippen LogP contribution in [0.5, 0.6) is 0 Å². The Hall–Kier alpha value is -0.0800. The second-order valence-corrected chi connectivity index (χ2v) is 13.9. The maximum atomic E-state index is 6.50. The molecule has 1 heterocycles. The lowest BCUT2D eigenvalue weighted by atomic mass is 9.90. The highest BCUT2D eigenvalue weighted by molar-refractivity contribution is 4.66. The van der Waals surface area contributed by atoms with E-state index in [-0.39, 0.29) is 0 Å². The molecule has 0 spiro atoms. The lowest BCUT2D eigenvalue weighted by Crippen LogP contribution is -2.31. The second-order valence-electron chi connectivity index (χ2n) is 13.9. The van der Waals surface area contributed by atoms with Gasteiger partial charge in [-0.3, -0.25) is 0 Å². The topological polar surface area (TPSA) is 12.5 Å². The first-order chi connectivity index (χ1) is 20.3. The molecule has 0 aromatic heterocycles. The molecule has 1 aliphatic rings. The number of likely N-dealkylation sites (tertiary alicyclic amines) is 1. The Morgan fingerprint density at radius 2 is 0.829 bits per heavy atom. The Morgan fingerprint density at radius 1 is 0.439 bits per heavy atom. The van der Waals surface area contributed by atoms with Gasteiger partial charge in [0.15, 0.2) is 0 Å². The minimum absolute atomic E-state index is 0.523. The van der Waals surface area contributed by atoms with Gasteiger partial charge >= 0.3 is 0 Å². The average Bonchev–Trinajstić information content (AvgIpc) is 2.99. The van der Waals surface area contributed by atoms with Gasteiger partial charge in [-0.05, 0) is 51.1 Å². The lowest BCUT2D eigenvalue weighted by molar-refractivity contribution is 0.0317. The van der Waals surface area contributed by atoms with Crippen LogP contribution in [-0.2, 0) is 4.74 Å². The summed E-state index contributed by atoms with van der Waals surface area (Å²) in [4.78, 5) is 2.66. The Bertz CT molecular complexity index is 478. The molecule has 0 bridgehead atoms. The third kappa shape index (κ3) is 26.1. The van der Waals surface area contributed by atoms with Crippen molar-refractivity contribution in [1.82, 2.24) is 4.90 Å². The van der Waals surface area contributed by atoms with Crippen molar-refractivity contribution < 1.29 is 4.74 Å². The van der Waals surface area contributed by atoms with Crippen LogP contribution in [0.1, 0.15) is 213 Å². The highest BCUT2D eigenvalue weighted by atomic mass is 16.5. The third-order valence-corrected chi connectivity index (χ3v) is 9.87. The summed E-state index contributed by atoms with van der Waals surface area (Å²) in [7, 11) is 0. The molecule has 1 saturated heterocycles. The number of hydrogen-bond acceptors (Lipinski definition) is 2. The van der Waals surface area contributed by atoms with E-state index in [0.29, 0.717) is 6.10 Å². The van der Waals surface area contributed by atoms with Gasteiger partial charge in [0.25, 0.3) is 0 Å². The van der Waals surface area contributed by atoms with Gasteiger partial charge in [0, 0.05) is 13.2 Å². The van der Waals surface area contributed by atoms with Crippen LogP contribution in [0.2, 0.25) is 0 Å². The fourth-order valence-electron chi connectivity index (χ4n) is 7.03. The molecular formula is C39H79NO. The van der Waals surface area contributed by atoms with E-state index in [1.54, 1.807) is 0 Å². The molecule has 1 aliphatic heterocycles. The molecule has 0 aromatic carbocycles. The van der Waals surface area contributed by atoms with E-state index in [2.05, 4.69) is 25.7 Å². The molecule has 2 nitrogen and oxygen atoms in total. The SMILES string of the molecule is CCCCCCCCCC(CCCCCCCCCCC(CCCCC)CCCCC)OCCCN1CCCCC1. The minimum Gasteiger partial charge on any atom is -0.378 e. The van der Waals surface area contributed by atoms with Crippen LogP contribution < -0.4 is 0 Å². The Balaban J connectivity index is 2.12. The largest absolute Gasteiger partial charge is 0.378 e. The minimum atomic E-state index is 0.523. The third-order valence-electron chi connectivity index (χ3n) is 9.87. The first kappa shape index (κ1) is 38.9. The van der Waals surface area contributed by atoms with E-state index in [0.717, 1.165) is 12.5 Å². The summed E-state index contributed by atoms with van der Waals surface area (Å²) >= 11 is 0. The first-order valence-electron chi connectivity index (χ1n) is 19.6. The molecule has 0 aromatic rings. The van der Waals surface area contributed by atoms with Gasteiger partial charge in [-0.15, -0.1) is 0 Å². The molecule has 1 rings (SSSR count). The lowest BCUT2D eigenvalue weighted by Gasteiger charge is -2.26. The summed E-state index contributed by atoms with van der Waals surface area (Å²) in [6.07, 6.45) is 43.1. The van der Waals surface area contributed by atoms with Crippen LogP contribution in [0.4, 0.5) is 0 Å². The molecule has 0 saturated carbocycles. The monoisotopic (exact) mass is 578 g/mol. The Labute approximate surface area is 260 Å². The van der Waals surface area contributed by atoms with Gasteiger partial charge < -0.3 is 9.64 Å². The van der Waals surface area contributed by atoms with Gasteiger partial charge in [-0.25, -0.2) is 0 Å². The van der Waals surface area contributed by atoms with Gasteiger partial charge in [-0.2, -0.15) is 0 Å². The number of piperidine rings is 1. The zero-order valence-electron chi connectivity index (χ0n) is 29.1. The first-order valence-corrected chi connectivity index (χ1v) is 19.6.